The zero-order valence-electron chi connectivity index (χ0n) is 48.8. The minimum absolute atomic E-state index is 0. The highest BCUT2D eigenvalue weighted by molar-refractivity contribution is 5.77. The summed E-state index contributed by atoms with van der Waals surface area (Å²) in [6, 6.07) is 22.0. The molecule has 0 unspecified atom stereocenters. The van der Waals surface area contributed by atoms with Crippen molar-refractivity contribution in [3.8, 4) is 18.0 Å². The number of unbranched alkanes of at least 4 members (excludes halogenated alkanes) is 3. The number of ether oxygens (including phenoxy) is 3. The quantitative estimate of drug-likeness (QED) is 0.0650. The molecule has 82 heavy (non-hydrogen) atoms. The van der Waals surface area contributed by atoms with Crippen molar-refractivity contribution < 1.29 is 14.2 Å². The standard InChI is InChI=1S/C23H30N4O.C22H28N4O.C22H27N3O.CH4/c1-3-5-12-28-23-25-21-18(8-9-20(21)22(24)26-23)14-16-6-7-19-15-27(4-2)11-10-17(19)13-16;1-3-4-11-27-22-24-20-17(7-8-19(20)21(23)25-22)13-15-5-6-18-14-26(2)10-9-16(18)12-15;1-2-3-12-26-22-24-20-18(10-11-19(20)21(23)25-22)14-15-8-9-16-6-4-5-7-17(16)13-15;/h6-8,13H,3-5,9-12,14-15H2,1-2H3,(H2,24,25,26);5-7,12H,3-4,8-11,13-14H2,1-2H3,(H2,23,24,25);8-10,13H,2-7,11-12,14H2,1H3,(H2,23,24,25);1H4. The van der Waals surface area contributed by atoms with Crippen molar-refractivity contribution in [1.82, 2.24) is 39.7 Å². The second-order valence-electron chi connectivity index (χ2n) is 22.7. The van der Waals surface area contributed by atoms with E-state index in [1.54, 1.807) is 0 Å². The van der Waals surface area contributed by atoms with Gasteiger partial charge in [0.15, 0.2) is 0 Å². The van der Waals surface area contributed by atoms with Gasteiger partial charge in [-0.1, -0.05) is 127 Å². The van der Waals surface area contributed by atoms with E-state index in [9.17, 15) is 0 Å². The van der Waals surface area contributed by atoms with Gasteiger partial charge in [-0.2, -0.15) is 29.9 Å². The number of benzene rings is 3. The van der Waals surface area contributed by atoms with Gasteiger partial charge in [-0.15, -0.1) is 0 Å². The molecule has 6 aromatic rings. The van der Waals surface area contributed by atoms with E-state index >= 15 is 0 Å². The van der Waals surface area contributed by atoms with E-state index in [-0.39, 0.29) is 7.43 Å². The highest BCUT2D eigenvalue weighted by Crippen LogP contribution is 2.37. The molecule has 0 spiro atoms. The maximum absolute atomic E-state index is 6.18. The summed E-state index contributed by atoms with van der Waals surface area (Å²) in [5.74, 6) is 1.65. The third-order valence-corrected chi connectivity index (χ3v) is 16.7. The lowest BCUT2D eigenvalue weighted by molar-refractivity contribution is 0.268. The topological polar surface area (TPSA) is 190 Å². The summed E-state index contributed by atoms with van der Waals surface area (Å²) in [4.78, 5) is 31.9. The molecule has 6 N–H and O–H groups in total. The molecule has 0 amide bonds. The van der Waals surface area contributed by atoms with E-state index < -0.39 is 0 Å². The Balaban J connectivity index is 0.000000147. The number of hydrogen-bond donors (Lipinski definition) is 3. The summed E-state index contributed by atoms with van der Waals surface area (Å²) in [6.45, 7) is 16.1. The molecule has 0 radical (unpaired) electrons. The highest BCUT2D eigenvalue weighted by atomic mass is 16.5. The van der Waals surface area contributed by atoms with Gasteiger partial charge in [0.1, 0.15) is 17.5 Å². The fraction of sp³-hybridized carbons (Fsp3) is 0.471. The molecule has 0 saturated heterocycles. The molecule has 3 aromatic carbocycles. The molecule has 0 saturated carbocycles. The maximum atomic E-state index is 6.18. The van der Waals surface area contributed by atoms with Crippen molar-refractivity contribution in [2.24, 2.45) is 0 Å². The minimum atomic E-state index is 0. The molecular formula is C68H89N11O3. The van der Waals surface area contributed by atoms with Crippen LogP contribution < -0.4 is 31.4 Å². The van der Waals surface area contributed by atoms with Crippen LogP contribution in [-0.4, -0.2) is 86.2 Å². The van der Waals surface area contributed by atoms with Gasteiger partial charge < -0.3 is 36.3 Å². The van der Waals surface area contributed by atoms with Gasteiger partial charge in [0, 0.05) is 42.9 Å². The minimum Gasteiger partial charge on any atom is -0.463 e. The normalized spacial score (nSPS) is 15.5. The lowest BCUT2D eigenvalue weighted by Gasteiger charge is -2.27. The molecule has 6 aliphatic rings. The van der Waals surface area contributed by atoms with Crippen LogP contribution in [0.2, 0.25) is 0 Å². The number of aryl methyl sites for hydroxylation is 2. The van der Waals surface area contributed by atoms with Crippen molar-refractivity contribution in [2.45, 2.75) is 164 Å². The average molecular weight is 1110 g/mol. The van der Waals surface area contributed by atoms with Gasteiger partial charge in [0.25, 0.3) is 0 Å². The number of aromatic nitrogens is 6. The molecule has 0 fully saturated rings. The van der Waals surface area contributed by atoms with Crippen LogP contribution in [0, 0.1) is 0 Å². The Morgan fingerprint density at radius 3 is 1.24 bits per heavy atom. The van der Waals surface area contributed by atoms with Crippen LogP contribution in [0.15, 0.2) is 72.8 Å². The number of likely N-dealkylation sites (N-methyl/N-ethyl adjacent to an activating group) is 2. The van der Waals surface area contributed by atoms with E-state index in [0.717, 1.165) is 156 Å². The maximum Gasteiger partial charge on any atom is 0.318 e. The van der Waals surface area contributed by atoms with Crippen molar-refractivity contribution in [2.75, 3.05) is 63.7 Å². The van der Waals surface area contributed by atoms with E-state index in [2.05, 4.69) is 147 Å². The SMILES string of the molecule is C.CCCCOc1nc(N)c2c(n1)C(Cc1ccc3c(c1)CCCC3)=CC2.CCCCOc1nc(N)c2c(n1)C(Cc1ccc3c(c1)CCN(C)C3)=CC2.CCCCOc1nc(N)c2c(n1)C(Cc1ccc3c(c1)CCN(CC)C3)=CC2. The monoisotopic (exact) mass is 1110 g/mol. The first-order valence-electron chi connectivity index (χ1n) is 30.2. The van der Waals surface area contributed by atoms with Gasteiger partial charge in [-0.05, 0) is 177 Å². The number of fused-ring (bicyclic) bond motifs is 6. The molecular weight excluding hydrogens is 1020 g/mol. The van der Waals surface area contributed by atoms with E-state index in [1.807, 2.05) is 0 Å². The van der Waals surface area contributed by atoms with Crippen LogP contribution >= 0.6 is 0 Å². The van der Waals surface area contributed by atoms with E-state index in [4.69, 9.17) is 31.4 Å². The molecule has 12 rings (SSSR count). The second kappa shape index (κ2) is 28.2. The van der Waals surface area contributed by atoms with Crippen molar-refractivity contribution >= 4 is 34.2 Å². The second-order valence-corrected chi connectivity index (χ2v) is 22.7. The number of hydrogen-bond acceptors (Lipinski definition) is 14. The largest absolute Gasteiger partial charge is 0.463 e. The summed E-state index contributed by atoms with van der Waals surface area (Å²) in [5.41, 5.74) is 41.2. The summed E-state index contributed by atoms with van der Waals surface area (Å²) in [7, 11) is 2.18. The Hall–Kier alpha value is -7.16. The van der Waals surface area contributed by atoms with E-state index in [0.29, 0.717) is 55.3 Å². The number of nitrogens with zero attached hydrogens (tertiary/aromatic N) is 8. The van der Waals surface area contributed by atoms with E-state index in [1.165, 1.54) is 92.5 Å². The number of anilines is 3. The third kappa shape index (κ3) is 14.5. The zero-order chi connectivity index (χ0) is 56.2. The Kier molecular flexibility index (Phi) is 20.5. The molecule has 0 bridgehead atoms. The number of nitrogen functional groups attached to an aromatic ring is 3. The Morgan fingerprint density at radius 1 is 0.451 bits per heavy atom. The van der Waals surface area contributed by atoms with Gasteiger partial charge in [0.2, 0.25) is 0 Å². The predicted octanol–water partition coefficient (Wildman–Crippen LogP) is 12.1. The molecule has 434 valence electrons. The van der Waals surface area contributed by atoms with Gasteiger partial charge in [-0.3, -0.25) is 4.90 Å². The fourth-order valence-corrected chi connectivity index (χ4v) is 11.8. The van der Waals surface area contributed by atoms with Crippen LogP contribution in [0.5, 0.6) is 18.0 Å². The zero-order valence-corrected chi connectivity index (χ0v) is 48.8. The molecule has 5 heterocycles. The number of nitrogens with two attached hydrogens (primary N) is 3. The smallest absolute Gasteiger partial charge is 0.318 e. The first-order valence-corrected chi connectivity index (χ1v) is 30.2. The summed E-state index contributed by atoms with van der Waals surface area (Å²) < 4.78 is 17.1. The van der Waals surface area contributed by atoms with Crippen LogP contribution in [-0.2, 0) is 77.3 Å². The fourth-order valence-electron chi connectivity index (χ4n) is 11.8. The lowest BCUT2D eigenvalue weighted by atomic mass is 9.89. The van der Waals surface area contributed by atoms with Gasteiger partial charge >= 0.3 is 18.0 Å². The van der Waals surface area contributed by atoms with Crippen LogP contribution in [0.1, 0.15) is 170 Å². The first-order chi connectivity index (χ1) is 39.6. The van der Waals surface area contributed by atoms with Crippen molar-refractivity contribution in [3.63, 3.8) is 0 Å². The van der Waals surface area contributed by atoms with Crippen LogP contribution in [0.4, 0.5) is 17.5 Å². The Labute approximate surface area is 488 Å². The molecule has 14 nitrogen and oxygen atoms in total. The molecule has 3 aromatic heterocycles. The summed E-state index contributed by atoms with van der Waals surface area (Å²) in [5, 5.41) is 0. The predicted molar refractivity (Wildman–Crippen MR) is 334 cm³/mol. The number of allylic oxidation sites excluding steroid dienone is 6. The molecule has 2 aliphatic heterocycles. The summed E-state index contributed by atoms with van der Waals surface area (Å²) >= 11 is 0. The Bertz CT molecular complexity index is 3290. The first kappa shape index (κ1) is 59.5. The van der Waals surface area contributed by atoms with Crippen LogP contribution in [0.3, 0.4) is 0 Å². The molecule has 4 aliphatic carbocycles. The molecule has 14 heteroatoms. The third-order valence-electron chi connectivity index (χ3n) is 16.7. The van der Waals surface area contributed by atoms with Crippen LogP contribution in [0.25, 0.3) is 16.7 Å². The highest BCUT2D eigenvalue weighted by Gasteiger charge is 2.26. The van der Waals surface area contributed by atoms with Gasteiger partial charge in [0.05, 0.1) is 36.9 Å². The van der Waals surface area contributed by atoms with Crippen molar-refractivity contribution in [3.05, 3.63) is 157 Å². The summed E-state index contributed by atoms with van der Waals surface area (Å²) in [6.07, 6.45) is 25.4. The van der Waals surface area contributed by atoms with Crippen molar-refractivity contribution in [1.29, 1.82) is 0 Å². The molecule has 0 atom stereocenters. The number of rotatable bonds is 19. The lowest BCUT2D eigenvalue weighted by Crippen LogP contribution is -2.30. The van der Waals surface area contributed by atoms with Gasteiger partial charge in [-0.25, -0.2) is 0 Å². The Morgan fingerprint density at radius 2 is 0.829 bits per heavy atom. The average Bonchev–Trinajstić information content (AvgIpc) is 4.21.